The Morgan fingerprint density at radius 2 is 1.68 bits per heavy atom. The summed E-state index contributed by atoms with van der Waals surface area (Å²) in [5.41, 5.74) is 0.169. The maximum atomic E-state index is 13.6. The summed E-state index contributed by atoms with van der Waals surface area (Å²) in [6.45, 7) is -0.592. The molecular weight excluding hydrogens is 454 g/mol. The maximum absolute atomic E-state index is 13.6. The molecule has 0 aliphatic heterocycles. The first-order valence-electron chi connectivity index (χ1n) is 9.87. The largest absolute Gasteiger partial charge is 0.454 e. The molecule has 0 atom stereocenters. The number of aromatic nitrogens is 3. The summed E-state index contributed by atoms with van der Waals surface area (Å²) in [6, 6.07) is 16.0. The van der Waals surface area contributed by atoms with Crippen LogP contribution in [0.2, 0.25) is 0 Å². The number of hydrogen-bond acceptors (Lipinski definition) is 5. The van der Waals surface area contributed by atoms with E-state index in [1.807, 2.05) is 0 Å². The average molecular weight is 469 g/mol. The SMILES string of the molecule is O=C(COC(=O)c1ccccc1F)c1ccc(-n2nncc2-c2cccc(C(F)(F)F)c2)cc1. The third-order valence-electron chi connectivity index (χ3n) is 4.90. The molecule has 0 bridgehead atoms. The van der Waals surface area contributed by atoms with Gasteiger partial charge in [0.1, 0.15) is 5.82 Å². The number of carbonyl (C=O) groups excluding carboxylic acids is 2. The molecule has 34 heavy (non-hydrogen) atoms. The van der Waals surface area contributed by atoms with E-state index in [1.54, 1.807) is 0 Å². The maximum Gasteiger partial charge on any atom is 0.416 e. The van der Waals surface area contributed by atoms with Gasteiger partial charge in [-0.2, -0.15) is 13.2 Å². The van der Waals surface area contributed by atoms with Crippen molar-refractivity contribution in [1.29, 1.82) is 0 Å². The van der Waals surface area contributed by atoms with Gasteiger partial charge in [-0.15, -0.1) is 5.10 Å². The lowest BCUT2D eigenvalue weighted by Crippen LogP contribution is -2.15. The van der Waals surface area contributed by atoms with Crippen molar-refractivity contribution in [2.75, 3.05) is 6.61 Å². The van der Waals surface area contributed by atoms with Gasteiger partial charge < -0.3 is 4.74 Å². The van der Waals surface area contributed by atoms with Crippen molar-refractivity contribution in [3.8, 4) is 16.9 Å². The highest BCUT2D eigenvalue weighted by atomic mass is 19.4. The van der Waals surface area contributed by atoms with Crippen molar-refractivity contribution in [2.24, 2.45) is 0 Å². The number of Topliss-reactive ketones (excluding diaryl/α,β-unsaturated/α-hetero) is 1. The number of nitrogens with zero attached hydrogens (tertiary/aromatic N) is 3. The molecule has 0 saturated heterocycles. The van der Waals surface area contributed by atoms with E-state index in [1.165, 1.54) is 65.5 Å². The van der Waals surface area contributed by atoms with E-state index in [2.05, 4.69) is 10.3 Å². The summed E-state index contributed by atoms with van der Waals surface area (Å²) >= 11 is 0. The number of esters is 1. The van der Waals surface area contributed by atoms with E-state index in [9.17, 15) is 27.2 Å². The van der Waals surface area contributed by atoms with Crippen molar-refractivity contribution in [3.05, 3.63) is 102 Å². The Bertz CT molecular complexity index is 1350. The first kappa shape index (κ1) is 22.8. The molecule has 172 valence electrons. The fourth-order valence-corrected chi connectivity index (χ4v) is 3.18. The molecule has 0 spiro atoms. The number of hydrogen-bond donors (Lipinski definition) is 0. The van der Waals surface area contributed by atoms with E-state index >= 15 is 0 Å². The van der Waals surface area contributed by atoms with E-state index in [0.29, 0.717) is 11.4 Å². The molecule has 6 nitrogen and oxygen atoms in total. The lowest BCUT2D eigenvalue weighted by Gasteiger charge is -2.10. The van der Waals surface area contributed by atoms with Crippen LogP contribution in [-0.2, 0) is 10.9 Å². The topological polar surface area (TPSA) is 74.1 Å². The van der Waals surface area contributed by atoms with Crippen LogP contribution in [0.1, 0.15) is 26.3 Å². The number of rotatable bonds is 6. The summed E-state index contributed by atoms with van der Waals surface area (Å²) < 4.78 is 59.1. The third kappa shape index (κ3) is 4.85. The molecule has 3 aromatic carbocycles. The van der Waals surface area contributed by atoms with Crippen LogP contribution >= 0.6 is 0 Å². The van der Waals surface area contributed by atoms with Crippen LogP contribution in [0.25, 0.3) is 16.9 Å². The zero-order chi connectivity index (χ0) is 24.3. The van der Waals surface area contributed by atoms with Gasteiger partial charge in [-0.25, -0.2) is 13.9 Å². The first-order chi connectivity index (χ1) is 16.2. The predicted molar refractivity (Wildman–Crippen MR) is 113 cm³/mol. The second kappa shape index (κ2) is 9.26. The van der Waals surface area contributed by atoms with Gasteiger partial charge >= 0.3 is 12.1 Å². The predicted octanol–water partition coefficient (Wildman–Crippen LogP) is 5.13. The number of ketones is 1. The number of ether oxygens (including phenoxy) is 1. The molecule has 0 saturated carbocycles. The lowest BCUT2D eigenvalue weighted by molar-refractivity contribution is -0.137. The highest BCUT2D eigenvalue weighted by Crippen LogP contribution is 2.32. The zero-order valence-corrected chi connectivity index (χ0v) is 17.3. The van der Waals surface area contributed by atoms with Crippen LogP contribution in [0.4, 0.5) is 17.6 Å². The zero-order valence-electron chi connectivity index (χ0n) is 17.3. The molecule has 0 aliphatic carbocycles. The van der Waals surface area contributed by atoms with Crippen molar-refractivity contribution in [3.63, 3.8) is 0 Å². The van der Waals surface area contributed by atoms with Crippen LogP contribution in [0.15, 0.2) is 79.0 Å². The Hall–Kier alpha value is -4.34. The minimum atomic E-state index is -4.49. The normalized spacial score (nSPS) is 11.3. The van der Waals surface area contributed by atoms with Crippen LogP contribution < -0.4 is 0 Å². The van der Waals surface area contributed by atoms with Crippen molar-refractivity contribution in [2.45, 2.75) is 6.18 Å². The van der Waals surface area contributed by atoms with Gasteiger partial charge in [0, 0.05) is 11.1 Å². The molecule has 0 fully saturated rings. The molecular formula is C24H15F4N3O3. The van der Waals surface area contributed by atoms with Crippen LogP contribution in [-0.4, -0.2) is 33.4 Å². The van der Waals surface area contributed by atoms with E-state index in [0.717, 1.165) is 18.2 Å². The molecule has 10 heteroatoms. The summed E-state index contributed by atoms with van der Waals surface area (Å²) in [5, 5.41) is 7.71. The number of halogens is 4. The van der Waals surface area contributed by atoms with Gasteiger partial charge in [-0.3, -0.25) is 4.79 Å². The fourth-order valence-electron chi connectivity index (χ4n) is 3.18. The van der Waals surface area contributed by atoms with Gasteiger partial charge in [0.2, 0.25) is 0 Å². The third-order valence-corrected chi connectivity index (χ3v) is 4.90. The van der Waals surface area contributed by atoms with E-state index in [-0.39, 0.29) is 16.7 Å². The smallest absolute Gasteiger partial charge is 0.416 e. The van der Waals surface area contributed by atoms with Gasteiger partial charge in [0.25, 0.3) is 0 Å². The number of alkyl halides is 3. The van der Waals surface area contributed by atoms with Gasteiger partial charge in [0.05, 0.1) is 28.7 Å². The molecule has 1 aromatic heterocycles. The number of carbonyl (C=O) groups is 2. The minimum Gasteiger partial charge on any atom is -0.454 e. The Kier molecular flexibility index (Phi) is 6.22. The Labute approximate surface area is 190 Å². The molecule has 0 radical (unpaired) electrons. The van der Waals surface area contributed by atoms with Crippen molar-refractivity contribution in [1.82, 2.24) is 15.0 Å². The first-order valence-corrected chi connectivity index (χ1v) is 9.87. The van der Waals surface area contributed by atoms with Gasteiger partial charge in [0.15, 0.2) is 12.4 Å². The molecule has 0 unspecified atom stereocenters. The average Bonchev–Trinajstić information content (AvgIpc) is 3.32. The number of benzene rings is 3. The monoisotopic (exact) mass is 469 g/mol. The van der Waals surface area contributed by atoms with Gasteiger partial charge in [-0.05, 0) is 48.5 Å². The minimum absolute atomic E-state index is 0.214. The molecule has 0 aliphatic rings. The lowest BCUT2D eigenvalue weighted by atomic mass is 10.1. The molecule has 4 aromatic rings. The summed E-state index contributed by atoms with van der Waals surface area (Å²) in [5.74, 6) is -2.24. The molecule has 0 amide bonds. The van der Waals surface area contributed by atoms with Crippen molar-refractivity contribution >= 4 is 11.8 Å². The highest BCUT2D eigenvalue weighted by Gasteiger charge is 2.30. The summed E-state index contributed by atoms with van der Waals surface area (Å²) in [4.78, 5) is 24.3. The molecule has 0 N–H and O–H groups in total. The van der Waals surface area contributed by atoms with Crippen LogP contribution in [0, 0.1) is 5.82 Å². The van der Waals surface area contributed by atoms with E-state index < -0.39 is 35.9 Å². The summed E-state index contributed by atoms with van der Waals surface area (Å²) in [7, 11) is 0. The Morgan fingerprint density at radius 1 is 0.941 bits per heavy atom. The van der Waals surface area contributed by atoms with Crippen LogP contribution in [0.3, 0.4) is 0 Å². The Morgan fingerprint density at radius 3 is 2.38 bits per heavy atom. The molecule has 1 heterocycles. The van der Waals surface area contributed by atoms with Crippen LogP contribution in [0.5, 0.6) is 0 Å². The molecule has 4 rings (SSSR count). The standard InChI is InChI=1S/C24H15F4N3O3/c25-20-7-2-1-6-19(20)23(33)34-14-22(32)15-8-10-18(11-9-15)31-21(13-29-30-31)16-4-3-5-17(12-16)24(26,27)28/h1-13H,14H2. The Balaban J connectivity index is 1.49. The second-order valence-electron chi connectivity index (χ2n) is 7.14. The van der Waals surface area contributed by atoms with E-state index in [4.69, 9.17) is 4.74 Å². The highest BCUT2D eigenvalue weighted by molar-refractivity contribution is 5.99. The fraction of sp³-hybridized carbons (Fsp3) is 0.0833. The second-order valence-corrected chi connectivity index (χ2v) is 7.14. The summed E-state index contributed by atoms with van der Waals surface area (Å²) in [6.07, 6.45) is -3.16. The van der Waals surface area contributed by atoms with Crippen molar-refractivity contribution < 1.29 is 31.9 Å². The quantitative estimate of drug-likeness (QED) is 0.222. The van der Waals surface area contributed by atoms with Gasteiger partial charge in [-0.1, -0.05) is 29.5 Å².